The molecule has 2 nitrogen and oxygen atoms in total. The van der Waals surface area contributed by atoms with E-state index in [9.17, 15) is 0 Å². The average Bonchev–Trinajstić information content (AvgIpc) is 2.32. The van der Waals surface area contributed by atoms with E-state index < -0.39 is 0 Å². The van der Waals surface area contributed by atoms with E-state index in [2.05, 4.69) is 42.5 Å². The van der Waals surface area contributed by atoms with Crippen molar-refractivity contribution >= 4 is 11.8 Å². The highest BCUT2D eigenvalue weighted by Gasteiger charge is 2.06. The van der Waals surface area contributed by atoms with Crippen molar-refractivity contribution in [3.8, 4) is 12.3 Å². The van der Waals surface area contributed by atoms with Crippen LogP contribution in [-0.4, -0.2) is 11.8 Å². The minimum atomic E-state index is 0.280. The van der Waals surface area contributed by atoms with Crippen LogP contribution < -0.4 is 11.3 Å². The first-order chi connectivity index (χ1) is 7.76. The van der Waals surface area contributed by atoms with Gasteiger partial charge in [-0.1, -0.05) is 17.7 Å². The molecule has 1 atom stereocenters. The van der Waals surface area contributed by atoms with Gasteiger partial charge in [-0.15, -0.1) is 24.1 Å². The van der Waals surface area contributed by atoms with E-state index in [1.54, 1.807) is 11.8 Å². The fourth-order valence-corrected chi connectivity index (χ4v) is 2.29. The van der Waals surface area contributed by atoms with Gasteiger partial charge in [-0.2, -0.15) is 0 Å². The Labute approximate surface area is 102 Å². The number of nitrogens with one attached hydrogen (secondary N) is 1. The molecule has 0 fully saturated rings. The molecule has 0 bridgehead atoms. The monoisotopic (exact) mass is 234 g/mol. The number of hydrogen-bond acceptors (Lipinski definition) is 3. The lowest BCUT2D eigenvalue weighted by molar-refractivity contribution is 0.547. The second-order valence-electron chi connectivity index (χ2n) is 3.73. The van der Waals surface area contributed by atoms with Crippen LogP contribution in [0.1, 0.15) is 18.4 Å². The smallest absolute Gasteiger partial charge is 0.0313 e. The van der Waals surface area contributed by atoms with Gasteiger partial charge in [0.1, 0.15) is 0 Å². The first kappa shape index (κ1) is 13.1. The maximum absolute atomic E-state index is 5.47. The number of benzene rings is 1. The van der Waals surface area contributed by atoms with Gasteiger partial charge in [-0.25, -0.2) is 0 Å². The lowest BCUT2D eigenvalue weighted by Crippen LogP contribution is -2.36. The van der Waals surface area contributed by atoms with Gasteiger partial charge in [-0.3, -0.25) is 11.3 Å². The molecule has 0 heterocycles. The maximum atomic E-state index is 5.47. The lowest BCUT2D eigenvalue weighted by Gasteiger charge is -2.13. The zero-order valence-corrected chi connectivity index (χ0v) is 10.4. The van der Waals surface area contributed by atoms with Gasteiger partial charge >= 0.3 is 0 Å². The van der Waals surface area contributed by atoms with Crippen LogP contribution in [0.2, 0.25) is 0 Å². The van der Waals surface area contributed by atoms with Crippen LogP contribution in [0.4, 0.5) is 0 Å². The van der Waals surface area contributed by atoms with E-state index in [4.69, 9.17) is 12.3 Å². The number of aryl methyl sites for hydroxylation is 1. The van der Waals surface area contributed by atoms with Gasteiger partial charge in [0.15, 0.2) is 0 Å². The normalized spacial score (nSPS) is 12.1. The Balaban J connectivity index is 2.37. The van der Waals surface area contributed by atoms with Crippen LogP contribution in [0.15, 0.2) is 29.2 Å². The Bertz CT molecular complexity index is 340. The van der Waals surface area contributed by atoms with Crippen LogP contribution in [0.3, 0.4) is 0 Å². The molecule has 0 aromatic heterocycles. The van der Waals surface area contributed by atoms with Gasteiger partial charge in [0, 0.05) is 23.1 Å². The predicted molar refractivity (Wildman–Crippen MR) is 71.1 cm³/mol. The number of thioether (sulfide) groups is 1. The van der Waals surface area contributed by atoms with Gasteiger partial charge in [0.05, 0.1) is 0 Å². The van der Waals surface area contributed by atoms with Crippen LogP contribution in [-0.2, 0) is 0 Å². The average molecular weight is 234 g/mol. The molecule has 0 saturated carbocycles. The molecule has 0 aliphatic carbocycles. The minimum Gasteiger partial charge on any atom is -0.271 e. The van der Waals surface area contributed by atoms with Crippen LogP contribution >= 0.6 is 11.8 Å². The van der Waals surface area contributed by atoms with E-state index >= 15 is 0 Å². The van der Waals surface area contributed by atoms with Crippen molar-refractivity contribution in [1.29, 1.82) is 0 Å². The SMILES string of the molecule is C#CCCC(CSc1ccc(C)cc1)NN. The molecule has 3 heteroatoms. The summed E-state index contributed by atoms with van der Waals surface area (Å²) in [6.07, 6.45) is 6.92. The number of nitrogens with two attached hydrogens (primary N) is 1. The fourth-order valence-electron chi connectivity index (χ4n) is 1.30. The van der Waals surface area contributed by atoms with Crippen LogP contribution in [0.25, 0.3) is 0 Å². The Kier molecular flexibility index (Phi) is 6.02. The molecular formula is C13H18N2S. The zero-order chi connectivity index (χ0) is 11.8. The summed E-state index contributed by atoms with van der Waals surface area (Å²) in [4.78, 5) is 1.27. The number of terminal acetylenes is 1. The highest BCUT2D eigenvalue weighted by atomic mass is 32.2. The summed E-state index contributed by atoms with van der Waals surface area (Å²) in [6.45, 7) is 2.09. The quantitative estimate of drug-likeness (QED) is 0.343. The van der Waals surface area contributed by atoms with Gasteiger partial charge in [0.2, 0.25) is 0 Å². The summed E-state index contributed by atoms with van der Waals surface area (Å²) in [5.74, 6) is 9.05. The Morgan fingerprint density at radius 2 is 2.12 bits per heavy atom. The molecule has 1 unspecified atom stereocenters. The summed E-state index contributed by atoms with van der Waals surface area (Å²) in [6, 6.07) is 8.79. The molecule has 1 rings (SSSR count). The van der Waals surface area contributed by atoms with Gasteiger partial charge in [0.25, 0.3) is 0 Å². The lowest BCUT2D eigenvalue weighted by atomic mass is 10.2. The van der Waals surface area contributed by atoms with Gasteiger partial charge in [-0.05, 0) is 25.5 Å². The highest BCUT2D eigenvalue weighted by Crippen LogP contribution is 2.19. The molecule has 1 aromatic rings. The summed E-state index contributed by atoms with van der Waals surface area (Å²) < 4.78 is 0. The van der Waals surface area contributed by atoms with E-state index in [0.29, 0.717) is 0 Å². The predicted octanol–water partition coefficient (Wildman–Crippen LogP) is 2.33. The molecule has 16 heavy (non-hydrogen) atoms. The number of rotatable bonds is 6. The van der Waals surface area contributed by atoms with Crippen molar-refractivity contribution in [2.75, 3.05) is 5.75 Å². The van der Waals surface area contributed by atoms with Crippen molar-refractivity contribution in [3.63, 3.8) is 0 Å². The molecule has 1 aromatic carbocycles. The minimum absolute atomic E-state index is 0.280. The molecule has 0 amide bonds. The Morgan fingerprint density at radius 3 is 2.69 bits per heavy atom. The second kappa shape index (κ2) is 7.34. The largest absolute Gasteiger partial charge is 0.271 e. The van der Waals surface area contributed by atoms with Gasteiger partial charge < -0.3 is 0 Å². The Hall–Kier alpha value is -0.950. The molecular weight excluding hydrogens is 216 g/mol. The summed E-state index contributed by atoms with van der Waals surface area (Å²) in [5, 5.41) is 0. The van der Waals surface area contributed by atoms with Crippen LogP contribution in [0, 0.1) is 19.3 Å². The van der Waals surface area contributed by atoms with Crippen molar-refractivity contribution in [2.45, 2.75) is 30.7 Å². The third-order valence-electron chi connectivity index (χ3n) is 2.35. The molecule has 0 radical (unpaired) electrons. The molecule has 0 saturated heterocycles. The standard InChI is InChI=1S/C13H18N2S/c1-3-4-5-12(15-14)10-16-13-8-6-11(2)7-9-13/h1,6-9,12,15H,4-5,10,14H2,2H3. The second-order valence-corrected chi connectivity index (χ2v) is 4.82. The number of hydrogen-bond donors (Lipinski definition) is 2. The number of hydrazine groups is 1. The highest BCUT2D eigenvalue weighted by molar-refractivity contribution is 7.99. The molecule has 3 N–H and O–H groups in total. The third-order valence-corrected chi connectivity index (χ3v) is 3.52. The van der Waals surface area contributed by atoms with E-state index in [1.165, 1.54) is 10.5 Å². The summed E-state index contributed by atoms with van der Waals surface area (Å²) >= 11 is 1.80. The summed E-state index contributed by atoms with van der Waals surface area (Å²) in [7, 11) is 0. The summed E-state index contributed by atoms with van der Waals surface area (Å²) in [5.41, 5.74) is 4.08. The Morgan fingerprint density at radius 1 is 1.44 bits per heavy atom. The topological polar surface area (TPSA) is 38.0 Å². The first-order valence-corrected chi connectivity index (χ1v) is 6.34. The maximum Gasteiger partial charge on any atom is 0.0313 e. The molecule has 0 spiro atoms. The van der Waals surface area contributed by atoms with E-state index in [1.807, 2.05) is 0 Å². The first-order valence-electron chi connectivity index (χ1n) is 5.35. The third kappa shape index (κ3) is 4.71. The molecule has 86 valence electrons. The van der Waals surface area contributed by atoms with Crippen molar-refractivity contribution < 1.29 is 0 Å². The van der Waals surface area contributed by atoms with E-state index in [0.717, 1.165) is 18.6 Å². The molecule has 0 aliphatic heterocycles. The van der Waals surface area contributed by atoms with Crippen molar-refractivity contribution in [2.24, 2.45) is 5.84 Å². The van der Waals surface area contributed by atoms with E-state index in [-0.39, 0.29) is 6.04 Å². The van der Waals surface area contributed by atoms with Crippen molar-refractivity contribution in [1.82, 2.24) is 5.43 Å². The zero-order valence-electron chi connectivity index (χ0n) is 9.57. The van der Waals surface area contributed by atoms with Crippen molar-refractivity contribution in [3.05, 3.63) is 29.8 Å². The van der Waals surface area contributed by atoms with Crippen LogP contribution in [0.5, 0.6) is 0 Å². The molecule has 0 aliphatic rings. The fraction of sp³-hybridized carbons (Fsp3) is 0.385.